The molecule has 3 aromatic rings. The summed E-state index contributed by atoms with van der Waals surface area (Å²) in [6.45, 7) is 3.79. The maximum atomic E-state index is 12.8. The minimum absolute atomic E-state index is 0.0429. The largest absolute Gasteiger partial charge is 0.508 e. The van der Waals surface area contributed by atoms with Gasteiger partial charge in [0.15, 0.2) is 5.13 Å². The van der Waals surface area contributed by atoms with Crippen molar-refractivity contribution in [2.45, 2.75) is 32.4 Å². The van der Waals surface area contributed by atoms with Gasteiger partial charge in [-0.3, -0.25) is 10.1 Å². The van der Waals surface area contributed by atoms with Crippen LogP contribution in [0.25, 0.3) is 10.2 Å². The molecule has 1 saturated carbocycles. The van der Waals surface area contributed by atoms with Gasteiger partial charge in [-0.2, -0.15) is 0 Å². The normalized spacial score (nSPS) is 21.6. The molecule has 1 aromatic heterocycles. The predicted octanol–water partition coefficient (Wildman–Crippen LogP) is 5.75. The van der Waals surface area contributed by atoms with Crippen molar-refractivity contribution in [3.63, 3.8) is 0 Å². The van der Waals surface area contributed by atoms with Crippen LogP contribution in [0.5, 0.6) is 0 Å². The molecule has 9 nitrogen and oxygen atoms in total. The minimum Gasteiger partial charge on any atom is -0.435 e. The lowest BCUT2D eigenvalue weighted by Gasteiger charge is -2.28. The Labute approximate surface area is 222 Å². The number of amides is 3. The highest BCUT2D eigenvalue weighted by atomic mass is 35.5. The molecule has 2 bridgehead atoms. The summed E-state index contributed by atoms with van der Waals surface area (Å²) in [5.41, 5.74) is 2.52. The van der Waals surface area contributed by atoms with E-state index in [0.717, 1.165) is 16.7 Å². The number of thiazole rings is 1. The second-order valence-corrected chi connectivity index (χ2v) is 10.4. The van der Waals surface area contributed by atoms with Crippen LogP contribution in [0.3, 0.4) is 0 Å². The molecule has 0 saturated heterocycles. The SMILES string of the molecule is CCOC(=O)OC1C(NC(=O)Nc2nc3ccc(C(=O)Nc4c(C)cccc4Cl)cc3s2)C2C=C[C@H]1C2. The van der Waals surface area contributed by atoms with E-state index in [1.165, 1.54) is 11.3 Å². The van der Waals surface area contributed by atoms with E-state index >= 15 is 0 Å². The monoisotopic (exact) mass is 540 g/mol. The Morgan fingerprint density at radius 1 is 1.14 bits per heavy atom. The van der Waals surface area contributed by atoms with E-state index in [-0.39, 0.29) is 30.4 Å². The summed E-state index contributed by atoms with van der Waals surface area (Å²) in [6.07, 6.45) is 3.62. The third-order valence-electron chi connectivity index (χ3n) is 6.51. The lowest BCUT2D eigenvalue weighted by molar-refractivity contribution is 0.00878. The van der Waals surface area contributed by atoms with Crippen LogP contribution in [-0.2, 0) is 9.47 Å². The van der Waals surface area contributed by atoms with E-state index in [1.807, 2.05) is 31.2 Å². The van der Waals surface area contributed by atoms with Crippen LogP contribution in [0.1, 0.15) is 29.3 Å². The highest BCUT2D eigenvalue weighted by Crippen LogP contribution is 2.41. The number of para-hydroxylation sites is 1. The molecule has 0 radical (unpaired) electrons. The van der Waals surface area contributed by atoms with Crippen LogP contribution >= 0.6 is 22.9 Å². The molecule has 1 fully saturated rings. The van der Waals surface area contributed by atoms with Gasteiger partial charge in [-0.15, -0.1) is 0 Å². The van der Waals surface area contributed by atoms with Crippen molar-refractivity contribution in [1.29, 1.82) is 0 Å². The Kier molecular flexibility index (Phi) is 7.03. The van der Waals surface area contributed by atoms with E-state index in [2.05, 4.69) is 20.9 Å². The lowest BCUT2D eigenvalue weighted by Crippen LogP contribution is -2.49. The van der Waals surface area contributed by atoms with Crippen molar-refractivity contribution in [3.05, 3.63) is 64.7 Å². The molecule has 2 aromatic carbocycles. The zero-order valence-electron chi connectivity index (χ0n) is 20.1. The maximum absolute atomic E-state index is 12.8. The Morgan fingerprint density at radius 3 is 2.73 bits per heavy atom. The van der Waals surface area contributed by atoms with Crippen molar-refractivity contribution in [3.8, 4) is 0 Å². The summed E-state index contributed by atoms with van der Waals surface area (Å²) in [7, 11) is 0. The molecule has 5 rings (SSSR count). The molecule has 11 heteroatoms. The first-order chi connectivity index (χ1) is 17.8. The van der Waals surface area contributed by atoms with Crippen molar-refractivity contribution in [2.24, 2.45) is 11.8 Å². The van der Waals surface area contributed by atoms with E-state index in [1.54, 1.807) is 31.2 Å². The van der Waals surface area contributed by atoms with Crippen LogP contribution in [0.4, 0.5) is 20.4 Å². The number of halogens is 1. The molecule has 2 aliphatic carbocycles. The fraction of sp³-hybridized carbons (Fsp3) is 0.308. The number of nitrogens with one attached hydrogen (secondary N) is 3. The van der Waals surface area contributed by atoms with Crippen molar-refractivity contribution >= 4 is 62.1 Å². The van der Waals surface area contributed by atoms with Gasteiger partial charge in [-0.25, -0.2) is 14.6 Å². The second-order valence-electron chi connectivity index (χ2n) is 8.93. The van der Waals surface area contributed by atoms with Gasteiger partial charge < -0.3 is 20.1 Å². The molecule has 2 aliphatic rings. The zero-order valence-corrected chi connectivity index (χ0v) is 21.7. The molecule has 3 unspecified atom stereocenters. The number of hydrogen-bond acceptors (Lipinski definition) is 7. The van der Waals surface area contributed by atoms with Crippen LogP contribution in [-0.4, -0.2) is 41.8 Å². The van der Waals surface area contributed by atoms with Gasteiger partial charge in [0.1, 0.15) is 6.10 Å². The zero-order chi connectivity index (χ0) is 26.1. The maximum Gasteiger partial charge on any atom is 0.508 e. The Hall–Kier alpha value is -3.63. The van der Waals surface area contributed by atoms with Gasteiger partial charge in [0.2, 0.25) is 0 Å². The van der Waals surface area contributed by atoms with E-state index < -0.39 is 18.3 Å². The summed E-state index contributed by atoms with van der Waals surface area (Å²) >= 11 is 7.49. The van der Waals surface area contributed by atoms with Crippen molar-refractivity contribution < 1.29 is 23.9 Å². The average molecular weight is 541 g/mol. The highest BCUT2D eigenvalue weighted by Gasteiger charge is 2.48. The molecule has 192 valence electrons. The van der Waals surface area contributed by atoms with Gasteiger partial charge in [-0.05, 0) is 50.1 Å². The van der Waals surface area contributed by atoms with Gasteiger partial charge in [0.05, 0.1) is 33.6 Å². The van der Waals surface area contributed by atoms with Crippen LogP contribution < -0.4 is 16.0 Å². The third-order valence-corrected chi connectivity index (χ3v) is 7.76. The standard InChI is InChI=1S/C26H25ClN4O5S/c1-3-35-26(34)36-22-15-8-7-14(11-15)21(22)30-24(33)31-25-28-18-10-9-16(12-19(18)37-25)23(32)29-20-13(2)5-4-6-17(20)27/h4-10,12,14-15,21-22H,3,11H2,1-2H3,(H,29,32)(H2,28,30,31,33)/t14?,15-,21?,22?/m0/s1. The molecule has 3 N–H and O–H groups in total. The van der Waals surface area contributed by atoms with Gasteiger partial charge in [0, 0.05) is 17.4 Å². The Morgan fingerprint density at radius 2 is 1.95 bits per heavy atom. The number of hydrogen-bond donors (Lipinski definition) is 3. The number of urea groups is 1. The second kappa shape index (κ2) is 10.4. The summed E-state index contributed by atoms with van der Waals surface area (Å²) in [5.74, 6) is -0.176. The smallest absolute Gasteiger partial charge is 0.435 e. The fourth-order valence-corrected chi connectivity index (χ4v) is 5.94. The number of nitrogens with zero attached hydrogens (tertiary/aromatic N) is 1. The van der Waals surface area contributed by atoms with E-state index in [4.69, 9.17) is 21.1 Å². The summed E-state index contributed by atoms with van der Waals surface area (Å²) < 4.78 is 11.1. The lowest BCUT2D eigenvalue weighted by atomic mass is 9.98. The quantitative estimate of drug-likeness (QED) is 0.271. The van der Waals surface area contributed by atoms with E-state index in [9.17, 15) is 14.4 Å². The first kappa shape index (κ1) is 25.0. The van der Waals surface area contributed by atoms with Crippen LogP contribution in [0, 0.1) is 18.8 Å². The van der Waals surface area contributed by atoms with Gasteiger partial charge in [0.25, 0.3) is 5.91 Å². The number of anilines is 2. The summed E-state index contributed by atoms with van der Waals surface area (Å²) in [5, 5.41) is 9.40. The summed E-state index contributed by atoms with van der Waals surface area (Å²) in [4.78, 5) is 42.0. The molecular formula is C26H25ClN4O5S. The fourth-order valence-electron chi connectivity index (χ4n) is 4.77. The predicted molar refractivity (Wildman–Crippen MR) is 142 cm³/mol. The number of ether oxygens (including phenoxy) is 2. The Bertz CT molecular complexity index is 1390. The molecular weight excluding hydrogens is 516 g/mol. The topological polar surface area (TPSA) is 119 Å². The molecule has 0 aliphatic heterocycles. The number of aryl methyl sites for hydroxylation is 1. The number of benzene rings is 2. The van der Waals surface area contributed by atoms with Gasteiger partial charge in [-0.1, -0.05) is 47.2 Å². The number of fused-ring (bicyclic) bond motifs is 3. The molecule has 1 heterocycles. The number of carbonyl (C=O) groups is 3. The molecule has 37 heavy (non-hydrogen) atoms. The first-order valence-electron chi connectivity index (χ1n) is 11.9. The van der Waals surface area contributed by atoms with Crippen molar-refractivity contribution in [1.82, 2.24) is 10.3 Å². The summed E-state index contributed by atoms with van der Waals surface area (Å²) in [6, 6.07) is 9.73. The average Bonchev–Trinajstić information content (AvgIpc) is 3.56. The molecule has 3 amide bonds. The number of carbonyl (C=O) groups excluding carboxylic acids is 3. The van der Waals surface area contributed by atoms with Gasteiger partial charge >= 0.3 is 12.2 Å². The van der Waals surface area contributed by atoms with Crippen LogP contribution in [0.15, 0.2) is 48.6 Å². The third kappa shape index (κ3) is 5.26. The number of rotatable bonds is 6. The van der Waals surface area contributed by atoms with E-state index in [0.29, 0.717) is 26.9 Å². The number of aromatic nitrogens is 1. The molecule has 0 spiro atoms. The Balaban J connectivity index is 1.25. The van der Waals surface area contributed by atoms with Crippen molar-refractivity contribution in [2.75, 3.05) is 17.2 Å². The first-order valence-corrected chi connectivity index (χ1v) is 13.1. The van der Waals surface area contributed by atoms with Crippen LogP contribution in [0.2, 0.25) is 5.02 Å². The highest BCUT2D eigenvalue weighted by molar-refractivity contribution is 7.22. The minimum atomic E-state index is -0.739. The molecule has 4 atom stereocenters.